The van der Waals surface area contributed by atoms with E-state index in [0.717, 1.165) is 18.6 Å². The Hall–Kier alpha value is -1.02. The van der Waals surface area contributed by atoms with Gasteiger partial charge in [0.1, 0.15) is 5.76 Å². The van der Waals surface area contributed by atoms with E-state index in [1.165, 1.54) is 0 Å². The summed E-state index contributed by atoms with van der Waals surface area (Å²) in [5, 5.41) is 3.52. The molecule has 1 N–H and O–H groups in total. The van der Waals surface area contributed by atoms with Crippen LogP contribution >= 0.6 is 0 Å². The molecule has 1 unspecified atom stereocenters. The molecule has 0 amide bonds. The zero-order valence-corrected chi connectivity index (χ0v) is 7.86. The van der Waals surface area contributed by atoms with Gasteiger partial charge in [0.2, 0.25) is 0 Å². The van der Waals surface area contributed by atoms with Crippen molar-refractivity contribution in [1.82, 2.24) is 5.32 Å². The zero-order valence-electron chi connectivity index (χ0n) is 7.86. The Labute approximate surface area is 78.6 Å². The first-order valence-electron chi connectivity index (χ1n) is 4.80. The van der Waals surface area contributed by atoms with Crippen LogP contribution in [0.15, 0.2) is 35.0 Å². The smallest absolute Gasteiger partial charge is 0.120 e. The van der Waals surface area contributed by atoms with Crippen molar-refractivity contribution in [3.05, 3.63) is 36.3 Å². The lowest BCUT2D eigenvalue weighted by atomic mass is 10.2. The molecule has 2 heteroatoms. The Balaban J connectivity index is 1.88. The first kappa shape index (κ1) is 8.57. The highest BCUT2D eigenvalue weighted by Crippen LogP contribution is 2.17. The van der Waals surface area contributed by atoms with Crippen LogP contribution in [0.1, 0.15) is 31.6 Å². The summed E-state index contributed by atoms with van der Waals surface area (Å²) in [4.78, 5) is 0. The van der Waals surface area contributed by atoms with Gasteiger partial charge in [-0.15, -0.1) is 0 Å². The third kappa shape index (κ3) is 2.01. The first-order chi connectivity index (χ1) is 6.36. The summed E-state index contributed by atoms with van der Waals surface area (Å²) in [5.41, 5.74) is 0. The molecule has 0 radical (unpaired) electrons. The fraction of sp³-hybridized carbons (Fsp3) is 0.455. The Bertz CT molecular complexity index is 268. The third-order valence-electron chi connectivity index (χ3n) is 2.46. The first-order valence-corrected chi connectivity index (χ1v) is 4.80. The fourth-order valence-corrected chi connectivity index (χ4v) is 1.73. The molecule has 1 aliphatic carbocycles. The standard InChI is InChI=1S/C11H15NO/c1-9(11-7-4-8-13-11)12-10-5-2-3-6-10/h2-4,7-10,12H,5-6H2,1H3. The molecule has 1 aromatic rings. The van der Waals surface area contributed by atoms with Crippen LogP contribution in [0, 0.1) is 0 Å². The topological polar surface area (TPSA) is 25.2 Å². The molecule has 0 bridgehead atoms. The molecule has 0 saturated carbocycles. The number of hydrogen-bond donors (Lipinski definition) is 1. The Morgan fingerprint density at radius 2 is 2.23 bits per heavy atom. The SMILES string of the molecule is CC(NC1CC=CC1)c1ccco1. The van der Waals surface area contributed by atoms with Crippen molar-refractivity contribution in [3.63, 3.8) is 0 Å². The summed E-state index contributed by atoms with van der Waals surface area (Å²) >= 11 is 0. The van der Waals surface area contributed by atoms with E-state index in [0.29, 0.717) is 12.1 Å². The van der Waals surface area contributed by atoms with Gasteiger partial charge in [-0.2, -0.15) is 0 Å². The van der Waals surface area contributed by atoms with Gasteiger partial charge in [-0.1, -0.05) is 12.2 Å². The van der Waals surface area contributed by atoms with Crippen molar-refractivity contribution < 1.29 is 4.42 Å². The van der Waals surface area contributed by atoms with Gasteiger partial charge in [0, 0.05) is 6.04 Å². The minimum Gasteiger partial charge on any atom is -0.468 e. The molecule has 0 fully saturated rings. The van der Waals surface area contributed by atoms with E-state index in [-0.39, 0.29) is 0 Å². The van der Waals surface area contributed by atoms with E-state index >= 15 is 0 Å². The Morgan fingerprint density at radius 3 is 2.85 bits per heavy atom. The highest BCUT2D eigenvalue weighted by molar-refractivity contribution is 5.05. The van der Waals surface area contributed by atoms with Crippen LogP contribution in [0.2, 0.25) is 0 Å². The van der Waals surface area contributed by atoms with Crippen LogP contribution in [0.3, 0.4) is 0 Å². The van der Waals surface area contributed by atoms with Crippen LogP contribution in [0.4, 0.5) is 0 Å². The maximum atomic E-state index is 5.32. The normalized spacial score (nSPS) is 19.5. The Morgan fingerprint density at radius 1 is 1.46 bits per heavy atom. The highest BCUT2D eigenvalue weighted by atomic mass is 16.3. The maximum Gasteiger partial charge on any atom is 0.120 e. The van der Waals surface area contributed by atoms with E-state index in [1.54, 1.807) is 6.26 Å². The van der Waals surface area contributed by atoms with E-state index < -0.39 is 0 Å². The van der Waals surface area contributed by atoms with Gasteiger partial charge in [-0.25, -0.2) is 0 Å². The van der Waals surface area contributed by atoms with Crippen molar-refractivity contribution in [2.45, 2.75) is 31.8 Å². The second-order valence-electron chi connectivity index (χ2n) is 3.54. The van der Waals surface area contributed by atoms with Gasteiger partial charge in [0.25, 0.3) is 0 Å². The fourth-order valence-electron chi connectivity index (χ4n) is 1.73. The van der Waals surface area contributed by atoms with Crippen LogP contribution in [0.25, 0.3) is 0 Å². The average Bonchev–Trinajstić information content (AvgIpc) is 2.74. The lowest BCUT2D eigenvalue weighted by molar-refractivity contribution is 0.394. The molecule has 0 aliphatic heterocycles. The minimum absolute atomic E-state index is 0.319. The van der Waals surface area contributed by atoms with Crippen LogP contribution in [-0.2, 0) is 0 Å². The van der Waals surface area contributed by atoms with Crippen molar-refractivity contribution in [3.8, 4) is 0 Å². The lowest BCUT2D eigenvalue weighted by Gasteiger charge is -2.17. The Kier molecular flexibility index (Phi) is 2.50. The summed E-state index contributed by atoms with van der Waals surface area (Å²) in [7, 11) is 0. The molecule has 70 valence electrons. The second kappa shape index (κ2) is 3.79. The highest BCUT2D eigenvalue weighted by Gasteiger charge is 2.15. The van der Waals surface area contributed by atoms with Gasteiger partial charge >= 0.3 is 0 Å². The molecule has 2 rings (SSSR count). The molecule has 1 atom stereocenters. The molecule has 1 heterocycles. The number of hydrogen-bond acceptors (Lipinski definition) is 2. The van der Waals surface area contributed by atoms with Crippen molar-refractivity contribution in [1.29, 1.82) is 0 Å². The van der Waals surface area contributed by atoms with Gasteiger partial charge in [0.05, 0.1) is 12.3 Å². The van der Waals surface area contributed by atoms with Crippen LogP contribution in [-0.4, -0.2) is 6.04 Å². The van der Waals surface area contributed by atoms with Gasteiger partial charge in [-0.3, -0.25) is 0 Å². The lowest BCUT2D eigenvalue weighted by Crippen LogP contribution is -2.28. The summed E-state index contributed by atoms with van der Waals surface area (Å²) < 4.78 is 5.32. The molecular formula is C11H15NO. The number of furan rings is 1. The average molecular weight is 177 g/mol. The molecule has 1 aliphatic rings. The van der Waals surface area contributed by atoms with E-state index in [2.05, 4.69) is 24.4 Å². The largest absolute Gasteiger partial charge is 0.468 e. The van der Waals surface area contributed by atoms with Gasteiger partial charge in [0.15, 0.2) is 0 Å². The molecule has 0 saturated heterocycles. The van der Waals surface area contributed by atoms with E-state index in [9.17, 15) is 0 Å². The quantitative estimate of drug-likeness (QED) is 0.718. The summed E-state index contributed by atoms with van der Waals surface area (Å²) in [6, 6.07) is 4.86. The van der Waals surface area contributed by atoms with Gasteiger partial charge in [-0.05, 0) is 31.9 Å². The van der Waals surface area contributed by atoms with E-state index in [1.807, 2.05) is 12.1 Å². The summed E-state index contributed by atoms with van der Waals surface area (Å²) in [6.45, 7) is 2.14. The zero-order chi connectivity index (χ0) is 9.10. The number of rotatable bonds is 3. The molecule has 1 aromatic heterocycles. The number of nitrogens with one attached hydrogen (secondary N) is 1. The molecular weight excluding hydrogens is 162 g/mol. The molecule has 0 aromatic carbocycles. The van der Waals surface area contributed by atoms with E-state index in [4.69, 9.17) is 4.42 Å². The maximum absolute atomic E-state index is 5.32. The monoisotopic (exact) mass is 177 g/mol. The van der Waals surface area contributed by atoms with Crippen LogP contribution in [0.5, 0.6) is 0 Å². The minimum atomic E-state index is 0.319. The second-order valence-corrected chi connectivity index (χ2v) is 3.54. The van der Waals surface area contributed by atoms with Gasteiger partial charge < -0.3 is 9.73 Å². The van der Waals surface area contributed by atoms with Crippen molar-refractivity contribution in [2.75, 3.05) is 0 Å². The van der Waals surface area contributed by atoms with Crippen LogP contribution < -0.4 is 5.32 Å². The van der Waals surface area contributed by atoms with Crippen molar-refractivity contribution in [2.24, 2.45) is 0 Å². The molecule has 0 spiro atoms. The van der Waals surface area contributed by atoms with Crippen molar-refractivity contribution >= 4 is 0 Å². The molecule has 13 heavy (non-hydrogen) atoms. The third-order valence-corrected chi connectivity index (χ3v) is 2.46. The predicted molar refractivity (Wildman–Crippen MR) is 52.4 cm³/mol. The predicted octanol–water partition coefficient (Wildman–Crippen LogP) is 2.65. The summed E-state index contributed by atoms with van der Waals surface area (Å²) in [5.74, 6) is 1.02. The molecule has 2 nitrogen and oxygen atoms in total. The summed E-state index contributed by atoms with van der Waals surface area (Å²) in [6.07, 6.45) is 8.47.